The smallest absolute Gasteiger partial charge is 0.119 e. The summed E-state index contributed by atoms with van der Waals surface area (Å²) in [6.07, 6.45) is 4.66. The van der Waals surface area contributed by atoms with Crippen LogP contribution in [0.2, 0.25) is 10.0 Å². The number of rotatable bonds is 3. The number of alkyl halides is 1. The number of hydrogen-bond donors (Lipinski definition) is 0. The Morgan fingerprint density at radius 1 is 1.09 bits per heavy atom. The van der Waals surface area contributed by atoms with E-state index in [4.69, 9.17) is 39.5 Å². The molecule has 2 heterocycles. The normalized spacial score (nSPS) is 12.4. The highest BCUT2D eigenvalue weighted by Crippen LogP contribution is 2.39. The third-order valence-electron chi connectivity index (χ3n) is 3.28. The second-order valence-corrected chi connectivity index (χ2v) is 5.81. The van der Waals surface area contributed by atoms with Crippen LogP contribution in [0.15, 0.2) is 36.8 Å². The summed E-state index contributed by atoms with van der Waals surface area (Å²) in [6, 6.07) is 5.60. The van der Waals surface area contributed by atoms with Crippen LogP contribution in [0.3, 0.4) is 0 Å². The van der Waals surface area contributed by atoms with Gasteiger partial charge in [0.2, 0.25) is 0 Å². The standard InChI is InChI=1S/C15H10Cl3N3O/c1-22-9-3-2-8-5-20-21-15(10(8)4-9)14(18)13-11(16)6-19-7-12(13)17/h2-7,14H,1H3. The Kier molecular flexibility index (Phi) is 4.34. The molecule has 0 saturated heterocycles. The van der Waals surface area contributed by atoms with Gasteiger partial charge in [-0.1, -0.05) is 23.2 Å². The summed E-state index contributed by atoms with van der Waals surface area (Å²) in [5.74, 6) is 0.706. The predicted octanol–water partition coefficient (Wildman–Crippen LogP) is 4.67. The molecule has 0 fully saturated rings. The first-order valence-electron chi connectivity index (χ1n) is 6.34. The molecule has 2 aromatic heterocycles. The van der Waals surface area contributed by atoms with Crippen molar-refractivity contribution in [3.8, 4) is 5.75 Å². The summed E-state index contributed by atoms with van der Waals surface area (Å²) in [6.45, 7) is 0. The molecule has 0 aliphatic rings. The van der Waals surface area contributed by atoms with Crippen LogP contribution in [-0.2, 0) is 0 Å². The van der Waals surface area contributed by atoms with Crippen molar-refractivity contribution in [1.82, 2.24) is 15.2 Å². The minimum absolute atomic E-state index is 0.384. The van der Waals surface area contributed by atoms with Gasteiger partial charge in [0.1, 0.15) is 11.1 Å². The summed E-state index contributed by atoms with van der Waals surface area (Å²) in [7, 11) is 1.60. The van der Waals surface area contributed by atoms with Crippen molar-refractivity contribution < 1.29 is 4.74 Å². The molecule has 0 bridgehead atoms. The molecule has 112 valence electrons. The van der Waals surface area contributed by atoms with Gasteiger partial charge in [-0.3, -0.25) is 4.98 Å². The molecular weight excluding hydrogens is 345 g/mol. The van der Waals surface area contributed by atoms with E-state index in [0.29, 0.717) is 27.1 Å². The molecule has 3 aromatic rings. The summed E-state index contributed by atoms with van der Waals surface area (Å²) < 4.78 is 5.26. The Bertz CT molecular complexity index is 821. The predicted molar refractivity (Wildman–Crippen MR) is 88.0 cm³/mol. The number of nitrogens with zero attached hydrogens (tertiary/aromatic N) is 3. The van der Waals surface area contributed by atoms with Crippen LogP contribution in [0.1, 0.15) is 16.6 Å². The molecule has 7 heteroatoms. The average molecular weight is 355 g/mol. The van der Waals surface area contributed by atoms with E-state index in [9.17, 15) is 0 Å². The molecule has 0 radical (unpaired) electrons. The lowest BCUT2D eigenvalue weighted by Crippen LogP contribution is -2.02. The van der Waals surface area contributed by atoms with Gasteiger partial charge in [-0.25, -0.2) is 0 Å². The van der Waals surface area contributed by atoms with E-state index in [1.54, 1.807) is 13.3 Å². The van der Waals surface area contributed by atoms with Crippen LogP contribution in [0.25, 0.3) is 10.8 Å². The Labute approximate surface area is 142 Å². The van der Waals surface area contributed by atoms with Crippen molar-refractivity contribution in [3.63, 3.8) is 0 Å². The van der Waals surface area contributed by atoms with Crippen molar-refractivity contribution >= 4 is 45.6 Å². The van der Waals surface area contributed by atoms with Crippen LogP contribution in [0, 0.1) is 0 Å². The van der Waals surface area contributed by atoms with Gasteiger partial charge in [0, 0.05) is 28.7 Å². The van der Waals surface area contributed by atoms with E-state index in [-0.39, 0.29) is 0 Å². The maximum absolute atomic E-state index is 6.58. The Balaban J connectivity index is 2.21. The zero-order valence-corrected chi connectivity index (χ0v) is 13.7. The van der Waals surface area contributed by atoms with Crippen LogP contribution in [0.5, 0.6) is 5.75 Å². The summed E-state index contributed by atoms with van der Waals surface area (Å²) in [5, 5.41) is 10.0. The van der Waals surface area contributed by atoms with Crippen molar-refractivity contribution in [2.75, 3.05) is 7.11 Å². The molecular formula is C15H10Cl3N3O. The maximum Gasteiger partial charge on any atom is 0.119 e. The van der Waals surface area contributed by atoms with Crippen LogP contribution < -0.4 is 4.74 Å². The fourth-order valence-corrected chi connectivity index (χ4v) is 3.28. The molecule has 0 aliphatic carbocycles. The van der Waals surface area contributed by atoms with E-state index in [0.717, 1.165) is 10.8 Å². The maximum atomic E-state index is 6.58. The molecule has 0 amide bonds. The van der Waals surface area contributed by atoms with Crippen molar-refractivity contribution in [2.45, 2.75) is 5.38 Å². The number of hydrogen-bond acceptors (Lipinski definition) is 4. The second-order valence-electron chi connectivity index (χ2n) is 4.56. The minimum Gasteiger partial charge on any atom is -0.497 e. The number of halogens is 3. The minimum atomic E-state index is -0.647. The number of methoxy groups -OCH3 is 1. The quantitative estimate of drug-likeness (QED) is 0.641. The van der Waals surface area contributed by atoms with Gasteiger partial charge in [0.05, 0.1) is 29.0 Å². The van der Waals surface area contributed by atoms with Crippen molar-refractivity contribution in [1.29, 1.82) is 0 Å². The van der Waals surface area contributed by atoms with Crippen molar-refractivity contribution in [3.05, 3.63) is 58.1 Å². The lowest BCUT2D eigenvalue weighted by molar-refractivity contribution is 0.415. The lowest BCUT2D eigenvalue weighted by Gasteiger charge is -2.14. The number of fused-ring (bicyclic) bond motifs is 1. The molecule has 0 N–H and O–H groups in total. The Morgan fingerprint density at radius 3 is 2.50 bits per heavy atom. The summed E-state index contributed by atoms with van der Waals surface area (Å²) >= 11 is 18.9. The first-order chi connectivity index (χ1) is 10.6. The Hall–Kier alpha value is -1.62. The number of benzene rings is 1. The van der Waals surface area contributed by atoms with E-state index in [2.05, 4.69) is 15.2 Å². The fraction of sp³-hybridized carbons (Fsp3) is 0.133. The van der Waals surface area contributed by atoms with E-state index >= 15 is 0 Å². The molecule has 1 atom stereocenters. The third kappa shape index (κ3) is 2.70. The van der Waals surface area contributed by atoms with E-state index < -0.39 is 5.38 Å². The van der Waals surface area contributed by atoms with Crippen LogP contribution in [-0.4, -0.2) is 22.3 Å². The monoisotopic (exact) mass is 353 g/mol. The molecule has 22 heavy (non-hydrogen) atoms. The number of ether oxygens (including phenoxy) is 1. The largest absolute Gasteiger partial charge is 0.497 e. The molecule has 4 nitrogen and oxygen atoms in total. The summed E-state index contributed by atoms with van der Waals surface area (Å²) in [5.41, 5.74) is 1.12. The highest BCUT2D eigenvalue weighted by Gasteiger charge is 2.22. The van der Waals surface area contributed by atoms with E-state index in [1.807, 2.05) is 18.2 Å². The summed E-state index contributed by atoms with van der Waals surface area (Å²) in [4.78, 5) is 3.93. The molecule has 0 aliphatic heterocycles. The lowest BCUT2D eigenvalue weighted by atomic mass is 10.0. The van der Waals surface area contributed by atoms with Gasteiger partial charge in [-0.05, 0) is 18.2 Å². The molecule has 1 aromatic carbocycles. The highest BCUT2D eigenvalue weighted by atomic mass is 35.5. The van der Waals surface area contributed by atoms with E-state index in [1.165, 1.54) is 12.4 Å². The van der Waals surface area contributed by atoms with Crippen molar-refractivity contribution in [2.24, 2.45) is 0 Å². The molecule has 0 spiro atoms. The molecule has 3 rings (SSSR count). The van der Waals surface area contributed by atoms with Gasteiger partial charge in [0.15, 0.2) is 0 Å². The Morgan fingerprint density at radius 2 is 1.82 bits per heavy atom. The topological polar surface area (TPSA) is 47.9 Å². The highest BCUT2D eigenvalue weighted by molar-refractivity contribution is 6.38. The van der Waals surface area contributed by atoms with Crippen LogP contribution in [0.4, 0.5) is 0 Å². The van der Waals surface area contributed by atoms with Gasteiger partial charge < -0.3 is 4.74 Å². The third-order valence-corrected chi connectivity index (χ3v) is 4.31. The number of pyridine rings is 1. The SMILES string of the molecule is COc1ccc2cnnc(C(Cl)c3c(Cl)cncc3Cl)c2c1. The first kappa shape index (κ1) is 15.3. The second kappa shape index (κ2) is 6.24. The zero-order valence-electron chi connectivity index (χ0n) is 11.4. The fourth-order valence-electron chi connectivity index (χ4n) is 2.19. The average Bonchev–Trinajstić information content (AvgIpc) is 2.53. The first-order valence-corrected chi connectivity index (χ1v) is 7.53. The molecule has 1 unspecified atom stereocenters. The zero-order chi connectivity index (χ0) is 15.7. The number of aromatic nitrogens is 3. The van der Waals surface area contributed by atoms with Crippen LogP contribution >= 0.6 is 34.8 Å². The van der Waals surface area contributed by atoms with Gasteiger partial charge >= 0.3 is 0 Å². The van der Waals surface area contributed by atoms with Gasteiger partial charge in [-0.15, -0.1) is 11.6 Å². The van der Waals surface area contributed by atoms with Gasteiger partial charge in [0.25, 0.3) is 0 Å². The van der Waals surface area contributed by atoms with Gasteiger partial charge in [-0.2, -0.15) is 10.2 Å². The molecule has 0 saturated carbocycles.